The van der Waals surface area contributed by atoms with Gasteiger partial charge in [0.25, 0.3) is 0 Å². The number of carbonyl (C=O) groups excluding carboxylic acids is 1. The molecule has 0 aliphatic rings. The number of nitrogens with two attached hydrogens (primary N) is 2. The van der Waals surface area contributed by atoms with Gasteiger partial charge in [0, 0.05) is 31.2 Å². The molecular weight excluding hydrogens is 430 g/mol. The van der Waals surface area contributed by atoms with E-state index in [9.17, 15) is 4.79 Å². The lowest BCUT2D eigenvalue weighted by Gasteiger charge is -2.19. The van der Waals surface area contributed by atoms with Crippen LogP contribution in [0.2, 0.25) is 5.02 Å². The molecule has 0 fully saturated rings. The molecule has 0 bridgehead atoms. The number of aromatic nitrogens is 5. The number of hydrogen-bond donors (Lipinski definition) is 2. The number of ether oxygens (including phenoxy) is 1. The lowest BCUT2D eigenvalue weighted by molar-refractivity contribution is 0.100. The first kappa shape index (κ1) is 22.0. The van der Waals surface area contributed by atoms with Crippen molar-refractivity contribution in [3.05, 3.63) is 35.1 Å². The van der Waals surface area contributed by atoms with E-state index in [2.05, 4.69) is 9.97 Å². The second-order valence-electron chi connectivity index (χ2n) is 8.65. The van der Waals surface area contributed by atoms with Crippen molar-refractivity contribution < 1.29 is 9.53 Å². The van der Waals surface area contributed by atoms with E-state index < -0.39 is 5.91 Å². The van der Waals surface area contributed by atoms with E-state index in [1.165, 1.54) is 6.33 Å². The average molecular weight is 456 g/mol. The van der Waals surface area contributed by atoms with E-state index >= 15 is 0 Å². The van der Waals surface area contributed by atoms with Gasteiger partial charge in [0.2, 0.25) is 5.91 Å². The summed E-state index contributed by atoms with van der Waals surface area (Å²) in [6.07, 6.45) is 2.16. The van der Waals surface area contributed by atoms with Gasteiger partial charge in [0.15, 0.2) is 5.65 Å². The monoisotopic (exact) mass is 455 g/mol. The summed E-state index contributed by atoms with van der Waals surface area (Å²) >= 11 is 6.92. The Kier molecular flexibility index (Phi) is 5.56. The number of hydrogen-bond acceptors (Lipinski definition) is 6. The largest absolute Gasteiger partial charge is 0.385 e. The van der Waals surface area contributed by atoms with Gasteiger partial charge in [-0.3, -0.25) is 4.79 Å². The third-order valence-electron chi connectivity index (χ3n) is 5.37. The fraction of sp³-hybridized carbons (Fsp3) is 0.364. The zero-order valence-electron chi connectivity index (χ0n) is 18.5. The number of amides is 1. The standard InChI is InChI=1S/C22H26ClN7O2/c1-22(2,3)30-21-15(19(24)26-11-27-21)17(28-30)18-16(23)13-7-6-12(20(25)31)10-14(13)29(18)8-5-9-32-4/h6-7,10-11H,5,8-9H2,1-4H3,(H2,25,31)(H2,24,26,27). The normalized spacial score (nSPS) is 12.2. The number of carbonyl (C=O) groups is 1. The molecule has 10 heteroatoms. The molecule has 0 unspecified atom stereocenters. The Morgan fingerprint density at radius 2 is 2.00 bits per heavy atom. The Hall–Kier alpha value is -3.17. The molecule has 32 heavy (non-hydrogen) atoms. The molecule has 0 spiro atoms. The molecule has 1 aromatic carbocycles. The van der Waals surface area contributed by atoms with E-state index in [1.54, 1.807) is 25.3 Å². The third-order valence-corrected chi connectivity index (χ3v) is 5.75. The zero-order chi connectivity index (χ0) is 23.2. The molecule has 3 heterocycles. The second-order valence-corrected chi connectivity index (χ2v) is 9.02. The van der Waals surface area contributed by atoms with Crippen LogP contribution in [-0.4, -0.2) is 43.9 Å². The van der Waals surface area contributed by atoms with Crippen LogP contribution in [0.5, 0.6) is 0 Å². The first-order chi connectivity index (χ1) is 15.1. The SMILES string of the molecule is COCCCn1c(-c2nn(C(C)(C)C)c3ncnc(N)c23)c(Cl)c2ccc(C(N)=O)cc21. The number of aryl methyl sites for hydroxylation is 1. The van der Waals surface area contributed by atoms with Crippen molar-refractivity contribution in [2.24, 2.45) is 5.73 Å². The predicted molar refractivity (Wildman–Crippen MR) is 126 cm³/mol. The highest BCUT2D eigenvalue weighted by molar-refractivity contribution is 6.39. The average Bonchev–Trinajstić information content (AvgIpc) is 3.25. The van der Waals surface area contributed by atoms with E-state index in [0.717, 1.165) is 17.3 Å². The topological polar surface area (TPSA) is 127 Å². The molecule has 0 radical (unpaired) electrons. The minimum Gasteiger partial charge on any atom is -0.385 e. The summed E-state index contributed by atoms with van der Waals surface area (Å²) in [5.41, 5.74) is 14.6. The zero-order valence-corrected chi connectivity index (χ0v) is 19.3. The van der Waals surface area contributed by atoms with Gasteiger partial charge in [-0.05, 0) is 39.3 Å². The summed E-state index contributed by atoms with van der Waals surface area (Å²) in [5, 5.41) is 6.84. The molecule has 4 aromatic rings. The van der Waals surface area contributed by atoms with Crippen molar-refractivity contribution in [3.63, 3.8) is 0 Å². The molecule has 0 aliphatic heterocycles. The maximum atomic E-state index is 11.8. The van der Waals surface area contributed by atoms with Crippen molar-refractivity contribution in [2.45, 2.75) is 39.3 Å². The fourth-order valence-corrected chi connectivity index (χ4v) is 4.25. The van der Waals surface area contributed by atoms with Crippen LogP contribution in [0.15, 0.2) is 24.5 Å². The molecule has 4 rings (SSSR count). The van der Waals surface area contributed by atoms with Crippen molar-refractivity contribution >= 4 is 45.3 Å². The van der Waals surface area contributed by atoms with Crippen molar-refractivity contribution in [2.75, 3.05) is 19.5 Å². The molecular formula is C22H26ClN7O2. The van der Waals surface area contributed by atoms with Crippen molar-refractivity contribution in [1.29, 1.82) is 0 Å². The van der Waals surface area contributed by atoms with Crippen LogP contribution in [0.4, 0.5) is 5.82 Å². The molecule has 1 amide bonds. The number of benzene rings is 1. The predicted octanol–water partition coefficient (Wildman–Crippen LogP) is 3.57. The van der Waals surface area contributed by atoms with Crippen LogP contribution in [0.1, 0.15) is 37.6 Å². The lowest BCUT2D eigenvalue weighted by Crippen LogP contribution is -2.23. The van der Waals surface area contributed by atoms with Crippen molar-refractivity contribution in [3.8, 4) is 11.4 Å². The highest BCUT2D eigenvalue weighted by atomic mass is 35.5. The van der Waals surface area contributed by atoms with Gasteiger partial charge in [-0.2, -0.15) is 5.10 Å². The van der Waals surface area contributed by atoms with E-state index in [-0.39, 0.29) is 5.54 Å². The Balaban J connectivity index is 2.08. The Morgan fingerprint density at radius 3 is 2.66 bits per heavy atom. The first-order valence-electron chi connectivity index (χ1n) is 10.3. The highest BCUT2D eigenvalue weighted by Gasteiger charge is 2.28. The summed E-state index contributed by atoms with van der Waals surface area (Å²) in [7, 11) is 1.66. The maximum Gasteiger partial charge on any atom is 0.248 e. The van der Waals surface area contributed by atoms with E-state index in [4.69, 9.17) is 32.9 Å². The molecule has 4 N–H and O–H groups in total. The minimum absolute atomic E-state index is 0.322. The van der Waals surface area contributed by atoms with Gasteiger partial charge in [0.05, 0.1) is 27.2 Å². The Morgan fingerprint density at radius 1 is 1.25 bits per heavy atom. The molecule has 0 atom stereocenters. The summed E-state index contributed by atoms with van der Waals surface area (Å²) in [6, 6.07) is 5.22. The first-order valence-corrected chi connectivity index (χ1v) is 10.6. The van der Waals surface area contributed by atoms with Gasteiger partial charge in [-0.1, -0.05) is 17.7 Å². The van der Waals surface area contributed by atoms with Crippen molar-refractivity contribution in [1.82, 2.24) is 24.3 Å². The summed E-state index contributed by atoms with van der Waals surface area (Å²) < 4.78 is 9.11. The number of halogens is 1. The fourth-order valence-electron chi connectivity index (χ4n) is 3.90. The number of nitrogen functional groups attached to an aromatic ring is 1. The number of primary amides is 1. The number of methoxy groups -OCH3 is 1. The molecule has 3 aromatic heterocycles. The molecule has 0 saturated carbocycles. The molecule has 9 nitrogen and oxygen atoms in total. The second kappa shape index (κ2) is 8.07. The van der Waals surface area contributed by atoms with Gasteiger partial charge < -0.3 is 20.8 Å². The van der Waals surface area contributed by atoms with E-state index in [1.807, 2.05) is 30.0 Å². The number of rotatable bonds is 6. The summed E-state index contributed by atoms with van der Waals surface area (Å²) in [5.74, 6) is -0.183. The van der Waals surface area contributed by atoms with Crippen LogP contribution >= 0.6 is 11.6 Å². The Bertz CT molecular complexity index is 1330. The van der Waals surface area contributed by atoms with Crippen LogP contribution in [0, 0.1) is 0 Å². The number of fused-ring (bicyclic) bond motifs is 2. The highest BCUT2D eigenvalue weighted by Crippen LogP contribution is 2.42. The van der Waals surface area contributed by atoms with E-state index in [0.29, 0.717) is 52.0 Å². The van der Waals surface area contributed by atoms with Crippen LogP contribution in [-0.2, 0) is 16.8 Å². The van der Waals surface area contributed by atoms with Crippen LogP contribution < -0.4 is 11.5 Å². The number of anilines is 1. The molecule has 0 aliphatic carbocycles. The van der Waals surface area contributed by atoms with Gasteiger partial charge in [-0.25, -0.2) is 14.6 Å². The summed E-state index contributed by atoms with van der Waals surface area (Å²) in [6.45, 7) is 7.27. The van der Waals surface area contributed by atoms with Gasteiger partial charge in [-0.15, -0.1) is 0 Å². The molecule has 0 saturated heterocycles. The smallest absolute Gasteiger partial charge is 0.248 e. The third kappa shape index (κ3) is 3.57. The number of nitrogens with zero attached hydrogens (tertiary/aromatic N) is 5. The molecule has 168 valence electrons. The maximum absolute atomic E-state index is 11.8. The Labute approximate surface area is 190 Å². The van der Waals surface area contributed by atoms with Gasteiger partial charge >= 0.3 is 0 Å². The minimum atomic E-state index is -0.505. The van der Waals surface area contributed by atoms with Crippen LogP contribution in [0.3, 0.4) is 0 Å². The van der Waals surface area contributed by atoms with Crippen LogP contribution in [0.25, 0.3) is 33.3 Å². The van der Waals surface area contributed by atoms with Gasteiger partial charge in [0.1, 0.15) is 17.8 Å². The quantitative estimate of drug-likeness (QED) is 0.428. The summed E-state index contributed by atoms with van der Waals surface area (Å²) in [4.78, 5) is 20.5. The lowest BCUT2D eigenvalue weighted by atomic mass is 10.1.